The van der Waals surface area contributed by atoms with Crippen LogP contribution in [0.4, 0.5) is 0 Å². The molecule has 21 heavy (non-hydrogen) atoms. The molecule has 0 aliphatic carbocycles. The molecule has 4 heteroatoms. The fourth-order valence-electron chi connectivity index (χ4n) is 2.58. The fraction of sp³-hybridized carbons (Fsp3) is 0.294. The molecular formula is C17H18BrNO2. The van der Waals surface area contributed by atoms with Crippen molar-refractivity contribution in [2.45, 2.75) is 19.4 Å². The molecule has 110 valence electrons. The Morgan fingerprint density at radius 3 is 2.76 bits per heavy atom. The van der Waals surface area contributed by atoms with E-state index in [2.05, 4.69) is 22.0 Å². The Morgan fingerprint density at radius 1 is 1.24 bits per heavy atom. The van der Waals surface area contributed by atoms with E-state index in [-0.39, 0.29) is 6.04 Å². The van der Waals surface area contributed by atoms with Crippen LogP contribution in [0.3, 0.4) is 0 Å². The summed E-state index contributed by atoms with van der Waals surface area (Å²) >= 11 is 3.54. The van der Waals surface area contributed by atoms with Crippen molar-refractivity contribution in [2.75, 3.05) is 13.2 Å². The largest absolute Gasteiger partial charge is 0.493 e. The Bertz CT molecular complexity index is 657. The van der Waals surface area contributed by atoms with E-state index in [1.807, 2.05) is 37.3 Å². The van der Waals surface area contributed by atoms with Gasteiger partial charge in [-0.2, -0.15) is 0 Å². The number of hydrogen-bond donors (Lipinski definition) is 1. The van der Waals surface area contributed by atoms with E-state index in [0.29, 0.717) is 6.61 Å². The molecule has 1 unspecified atom stereocenters. The quantitative estimate of drug-likeness (QED) is 0.913. The number of nitrogens with two attached hydrogens (primary N) is 1. The van der Waals surface area contributed by atoms with Crippen LogP contribution in [-0.2, 0) is 6.42 Å². The number of halogens is 1. The molecule has 0 aromatic heterocycles. The highest BCUT2D eigenvalue weighted by atomic mass is 79.9. The molecule has 2 aromatic carbocycles. The second-order valence-corrected chi connectivity index (χ2v) is 5.92. The zero-order valence-corrected chi connectivity index (χ0v) is 13.5. The van der Waals surface area contributed by atoms with Gasteiger partial charge in [-0.25, -0.2) is 0 Å². The van der Waals surface area contributed by atoms with E-state index in [1.165, 1.54) is 5.56 Å². The number of rotatable bonds is 4. The second kappa shape index (κ2) is 6.08. The molecule has 0 saturated carbocycles. The summed E-state index contributed by atoms with van der Waals surface area (Å²) in [6, 6.07) is 12.1. The average Bonchev–Trinajstić information content (AvgIpc) is 2.96. The van der Waals surface area contributed by atoms with Gasteiger partial charge in [-0.15, -0.1) is 0 Å². The maximum atomic E-state index is 6.40. The van der Waals surface area contributed by atoms with Crippen LogP contribution in [0.1, 0.15) is 29.7 Å². The van der Waals surface area contributed by atoms with Crippen LogP contribution >= 0.6 is 15.9 Å². The number of fused-ring (bicyclic) bond motifs is 1. The summed E-state index contributed by atoms with van der Waals surface area (Å²) in [5.74, 6) is 1.83. The zero-order chi connectivity index (χ0) is 14.8. The predicted octanol–water partition coefficient (Wildman–Crippen LogP) is 3.83. The van der Waals surface area contributed by atoms with Crippen LogP contribution < -0.4 is 15.2 Å². The highest BCUT2D eigenvalue weighted by Crippen LogP contribution is 2.32. The smallest absolute Gasteiger partial charge is 0.133 e. The molecule has 0 saturated heterocycles. The van der Waals surface area contributed by atoms with Gasteiger partial charge in [0, 0.05) is 6.42 Å². The van der Waals surface area contributed by atoms with Crippen LogP contribution in [0.25, 0.3) is 0 Å². The van der Waals surface area contributed by atoms with Gasteiger partial charge in [-0.3, -0.25) is 0 Å². The summed E-state index contributed by atoms with van der Waals surface area (Å²) in [5, 5.41) is 0. The first kappa shape index (κ1) is 14.4. The molecule has 1 atom stereocenters. The van der Waals surface area contributed by atoms with Gasteiger partial charge in [-0.1, -0.05) is 18.2 Å². The molecule has 1 aliphatic heterocycles. The van der Waals surface area contributed by atoms with E-state index in [4.69, 9.17) is 15.2 Å². The standard InChI is InChI=1S/C17H18BrNO2/c1-2-20-16-6-4-13(10-14(16)18)17(19)12-3-5-15-11(9-12)7-8-21-15/h3-6,9-10,17H,2,7-8,19H2,1H3. The van der Waals surface area contributed by atoms with Crippen molar-refractivity contribution in [1.29, 1.82) is 0 Å². The lowest BCUT2D eigenvalue weighted by Crippen LogP contribution is -2.12. The third-order valence-electron chi connectivity index (χ3n) is 3.69. The normalized spacial score (nSPS) is 14.4. The van der Waals surface area contributed by atoms with Crippen molar-refractivity contribution in [3.8, 4) is 11.5 Å². The number of hydrogen-bond acceptors (Lipinski definition) is 3. The second-order valence-electron chi connectivity index (χ2n) is 5.07. The predicted molar refractivity (Wildman–Crippen MR) is 87.0 cm³/mol. The zero-order valence-electron chi connectivity index (χ0n) is 11.9. The average molecular weight is 348 g/mol. The SMILES string of the molecule is CCOc1ccc(C(N)c2ccc3c(c2)CCO3)cc1Br. The summed E-state index contributed by atoms with van der Waals surface area (Å²) < 4.78 is 12.0. The topological polar surface area (TPSA) is 44.5 Å². The van der Waals surface area contributed by atoms with Gasteiger partial charge < -0.3 is 15.2 Å². The number of benzene rings is 2. The first-order chi connectivity index (χ1) is 10.2. The van der Waals surface area contributed by atoms with E-state index < -0.39 is 0 Å². The minimum absolute atomic E-state index is 0.150. The summed E-state index contributed by atoms with van der Waals surface area (Å²) in [7, 11) is 0. The Balaban J connectivity index is 1.88. The summed E-state index contributed by atoms with van der Waals surface area (Å²) in [4.78, 5) is 0. The molecule has 0 spiro atoms. The van der Waals surface area contributed by atoms with Crippen molar-refractivity contribution in [3.63, 3.8) is 0 Å². The Kier molecular flexibility index (Phi) is 4.17. The monoisotopic (exact) mass is 347 g/mol. The van der Waals surface area contributed by atoms with Gasteiger partial charge in [0.05, 0.1) is 23.7 Å². The third kappa shape index (κ3) is 2.92. The van der Waals surface area contributed by atoms with Crippen molar-refractivity contribution in [2.24, 2.45) is 5.73 Å². The van der Waals surface area contributed by atoms with Crippen molar-refractivity contribution < 1.29 is 9.47 Å². The molecule has 1 heterocycles. The Hall–Kier alpha value is -1.52. The lowest BCUT2D eigenvalue weighted by Gasteiger charge is -2.15. The van der Waals surface area contributed by atoms with Gasteiger partial charge in [0.25, 0.3) is 0 Å². The fourth-order valence-corrected chi connectivity index (χ4v) is 3.09. The molecule has 2 N–H and O–H groups in total. The molecule has 3 rings (SSSR count). The molecule has 2 aromatic rings. The first-order valence-electron chi connectivity index (χ1n) is 7.12. The highest BCUT2D eigenvalue weighted by Gasteiger charge is 2.16. The lowest BCUT2D eigenvalue weighted by molar-refractivity contribution is 0.338. The molecule has 1 aliphatic rings. The van der Waals surface area contributed by atoms with Gasteiger partial charge in [0.2, 0.25) is 0 Å². The molecule has 0 fully saturated rings. The molecule has 0 radical (unpaired) electrons. The summed E-state index contributed by atoms with van der Waals surface area (Å²) in [6.45, 7) is 3.39. The van der Waals surface area contributed by atoms with E-state index in [9.17, 15) is 0 Å². The molecule has 0 amide bonds. The van der Waals surface area contributed by atoms with Crippen LogP contribution in [0, 0.1) is 0 Å². The van der Waals surface area contributed by atoms with Gasteiger partial charge >= 0.3 is 0 Å². The maximum Gasteiger partial charge on any atom is 0.133 e. The van der Waals surface area contributed by atoms with E-state index in [0.717, 1.165) is 40.1 Å². The van der Waals surface area contributed by atoms with Crippen molar-refractivity contribution in [3.05, 3.63) is 57.6 Å². The van der Waals surface area contributed by atoms with Gasteiger partial charge in [0.15, 0.2) is 0 Å². The lowest BCUT2D eigenvalue weighted by atomic mass is 9.97. The van der Waals surface area contributed by atoms with Crippen LogP contribution in [0.15, 0.2) is 40.9 Å². The minimum atomic E-state index is -0.150. The maximum absolute atomic E-state index is 6.40. The summed E-state index contributed by atoms with van der Waals surface area (Å²) in [5.41, 5.74) is 9.81. The first-order valence-corrected chi connectivity index (χ1v) is 7.91. The molecule has 0 bridgehead atoms. The van der Waals surface area contributed by atoms with E-state index >= 15 is 0 Å². The molecular weight excluding hydrogens is 330 g/mol. The van der Waals surface area contributed by atoms with Crippen LogP contribution in [0.2, 0.25) is 0 Å². The van der Waals surface area contributed by atoms with Crippen LogP contribution in [-0.4, -0.2) is 13.2 Å². The third-order valence-corrected chi connectivity index (χ3v) is 4.31. The Morgan fingerprint density at radius 2 is 2.00 bits per heavy atom. The Labute approximate surface area is 133 Å². The van der Waals surface area contributed by atoms with Gasteiger partial charge in [-0.05, 0) is 57.7 Å². The minimum Gasteiger partial charge on any atom is -0.493 e. The number of ether oxygens (including phenoxy) is 2. The van der Waals surface area contributed by atoms with Crippen molar-refractivity contribution >= 4 is 15.9 Å². The summed E-state index contributed by atoms with van der Waals surface area (Å²) in [6.07, 6.45) is 0.961. The van der Waals surface area contributed by atoms with Crippen LogP contribution in [0.5, 0.6) is 11.5 Å². The van der Waals surface area contributed by atoms with Crippen molar-refractivity contribution in [1.82, 2.24) is 0 Å². The highest BCUT2D eigenvalue weighted by molar-refractivity contribution is 9.10. The van der Waals surface area contributed by atoms with Gasteiger partial charge in [0.1, 0.15) is 11.5 Å². The van der Waals surface area contributed by atoms with E-state index in [1.54, 1.807) is 0 Å². The molecule has 3 nitrogen and oxygen atoms in total.